The first-order valence-corrected chi connectivity index (χ1v) is 7.93. The number of nitrogens with zero attached hydrogens (tertiary/aromatic N) is 1. The lowest BCUT2D eigenvalue weighted by atomic mass is 10.0. The van der Waals surface area contributed by atoms with E-state index in [1.807, 2.05) is 23.4 Å². The summed E-state index contributed by atoms with van der Waals surface area (Å²) in [5.41, 5.74) is 0.614. The maximum atomic E-state index is 14.3. The molecule has 0 fully saturated rings. The topological polar surface area (TPSA) is 12.4 Å². The molecule has 3 rings (SSSR count). The van der Waals surface area contributed by atoms with Gasteiger partial charge in [-0.05, 0) is 42.0 Å². The van der Waals surface area contributed by atoms with Gasteiger partial charge in [0.15, 0.2) is 0 Å². The highest BCUT2D eigenvalue weighted by Gasteiger charge is 2.15. The molecule has 0 aliphatic heterocycles. The van der Waals surface area contributed by atoms with E-state index in [0.717, 1.165) is 23.8 Å². The molecule has 1 nitrogen and oxygen atoms in total. The van der Waals surface area contributed by atoms with Crippen molar-refractivity contribution >= 4 is 23.1 Å². The summed E-state index contributed by atoms with van der Waals surface area (Å²) < 4.78 is 42.7. The molecule has 0 aromatic heterocycles. The van der Waals surface area contributed by atoms with Gasteiger partial charge in [-0.1, -0.05) is 36.1 Å². The van der Waals surface area contributed by atoms with Crippen LogP contribution < -0.4 is 0 Å². The zero-order valence-electron chi connectivity index (χ0n) is 13.3. The minimum Gasteiger partial charge on any atom is -0.206 e. The largest absolute Gasteiger partial charge is 0.206 e. The molecule has 0 bridgehead atoms. The molecular weight excluding hydrogens is 355 g/mol. The molecule has 0 unspecified atom stereocenters. The fourth-order valence-corrected chi connectivity index (χ4v) is 2.49. The number of thiocarbonyl (C=S) groups is 1. The van der Waals surface area contributed by atoms with Crippen LogP contribution in [-0.4, -0.2) is 5.16 Å². The number of isothiocyanates is 1. The molecule has 0 radical (unpaired) electrons. The van der Waals surface area contributed by atoms with Crippen LogP contribution in [0, 0.1) is 29.3 Å². The maximum absolute atomic E-state index is 14.3. The molecule has 3 aromatic rings. The third kappa shape index (κ3) is 3.89. The van der Waals surface area contributed by atoms with Gasteiger partial charge in [0.05, 0.1) is 22.0 Å². The van der Waals surface area contributed by atoms with Gasteiger partial charge in [0.2, 0.25) is 0 Å². The van der Waals surface area contributed by atoms with Crippen LogP contribution in [-0.2, 0) is 0 Å². The molecule has 5 heteroatoms. The summed E-state index contributed by atoms with van der Waals surface area (Å²) in [6, 6.07) is 15.0. The summed E-state index contributed by atoms with van der Waals surface area (Å²) in [7, 11) is 0. The van der Waals surface area contributed by atoms with Crippen molar-refractivity contribution < 1.29 is 13.2 Å². The van der Waals surface area contributed by atoms with Crippen molar-refractivity contribution in [2.45, 2.75) is 0 Å². The van der Waals surface area contributed by atoms with Crippen LogP contribution in [0.3, 0.4) is 0 Å². The molecule has 0 saturated carbocycles. The predicted molar refractivity (Wildman–Crippen MR) is 98.9 cm³/mol. The minimum atomic E-state index is -0.864. The molecule has 26 heavy (non-hydrogen) atoms. The number of benzene rings is 3. The van der Waals surface area contributed by atoms with E-state index in [4.69, 9.17) is 0 Å². The zero-order valence-corrected chi connectivity index (χ0v) is 14.1. The van der Waals surface area contributed by atoms with Gasteiger partial charge in [-0.25, -0.2) is 13.2 Å². The summed E-state index contributed by atoms with van der Waals surface area (Å²) in [6.45, 7) is 0. The third-order valence-electron chi connectivity index (χ3n) is 3.57. The number of halogens is 3. The second-order valence-corrected chi connectivity index (χ2v) is 5.48. The fraction of sp³-hybridized carbons (Fsp3) is 0. The van der Waals surface area contributed by atoms with Gasteiger partial charge in [0, 0.05) is 17.7 Å². The Morgan fingerprint density at radius 1 is 0.769 bits per heavy atom. The molecule has 0 spiro atoms. The van der Waals surface area contributed by atoms with Crippen LogP contribution >= 0.6 is 12.2 Å². The Bertz CT molecular complexity index is 1050. The van der Waals surface area contributed by atoms with Gasteiger partial charge < -0.3 is 0 Å². The van der Waals surface area contributed by atoms with E-state index < -0.39 is 17.5 Å². The van der Waals surface area contributed by atoms with Gasteiger partial charge in [-0.3, -0.25) is 0 Å². The number of hydrogen-bond acceptors (Lipinski definition) is 2. The van der Waals surface area contributed by atoms with Crippen LogP contribution in [0.5, 0.6) is 0 Å². The third-order valence-corrected chi connectivity index (χ3v) is 3.67. The summed E-state index contributed by atoms with van der Waals surface area (Å²) in [4.78, 5) is 3.54. The molecular formula is C21H10F3NS. The van der Waals surface area contributed by atoms with Crippen molar-refractivity contribution in [1.29, 1.82) is 0 Å². The Labute approximate surface area is 153 Å². The smallest absolute Gasteiger partial charge is 0.139 e. The van der Waals surface area contributed by atoms with Crippen LogP contribution in [0.1, 0.15) is 11.1 Å². The molecule has 0 atom stereocenters. The van der Waals surface area contributed by atoms with E-state index in [2.05, 4.69) is 29.1 Å². The zero-order chi connectivity index (χ0) is 18.5. The molecule has 0 N–H and O–H groups in total. The van der Waals surface area contributed by atoms with E-state index in [-0.39, 0.29) is 22.4 Å². The second kappa shape index (κ2) is 7.79. The lowest BCUT2D eigenvalue weighted by Gasteiger charge is -2.07. The van der Waals surface area contributed by atoms with Gasteiger partial charge in [-0.15, -0.1) is 0 Å². The van der Waals surface area contributed by atoms with Crippen LogP contribution in [0.25, 0.3) is 11.1 Å². The SMILES string of the molecule is Fc1cc(-c2c(F)cc(N=C=S)cc2F)ccc1C#Cc1ccccc1. The molecule has 0 amide bonds. The van der Waals surface area contributed by atoms with Gasteiger partial charge in [-0.2, -0.15) is 4.99 Å². The van der Waals surface area contributed by atoms with Crippen molar-refractivity contribution in [3.63, 3.8) is 0 Å². The van der Waals surface area contributed by atoms with Crippen molar-refractivity contribution in [1.82, 2.24) is 0 Å². The van der Waals surface area contributed by atoms with E-state index in [0.29, 0.717) is 0 Å². The van der Waals surface area contributed by atoms with E-state index in [9.17, 15) is 13.2 Å². The van der Waals surface area contributed by atoms with Crippen molar-refractivity contribution in [3.8, 4) is 23.0 Å². The Kier molecular flexibility index (Phi) is 5.28. The predicted octanol–water partition coefficient (Wildman–Crippen LogP) is 5.91. The molecule has 0 aliphatic rings. The summed E-state index contributed by atoms with van der Waals surface area (Å²) in [5, 5.41) is 2.04. The minimum absolute atomic E-state index is 0.00423. The van der Waals surface area contributed by atoms with Crippen LogP contribution in [0.4, 0.5) is 18.9 Å². The van der Waals surface area contributed by atoms with Crippen molar-refractivity contribution in [2.24, 2.45) is 4.99 Å². The Morgan fingerprint density at radius 3 is 2.08 bits per heavy atom. The van der Waals surface area contributed by atoms with E-state index in [1.165, 1.54) is 12.1 Å². The first-order chi connectivity index (χ1) is 12.6. The lowest BCUT2D eigenvalue weighted by molar-refractivity contribution is 0.589. The van der Waals surface area contributed by atoms with Crippen LogP contribution in [0.2, 0.25) is 0 Å². The molecule has 126 valence electrons. The highest BCUT2D eigenvalue weighted by molar-refractivity contribution is 7.78. The lowest BCUT2D eigenvalue weighted by Crippen LogP contribution is -1.92. The summed E-state index contributed by atoms with van der Waals surface area (Å²) >= 11 is 4.41. The normalized spacial score (nSPS) is 9.81. The number of hydrogen-bond donors (Lipinski definition) is 0. The average molecular weight is 365 g/mol. The Balaban J connectivity index is 1.98. The van der Waals surface area contributed by atoms with E-state index >= 15 is 0 Å². The molecule has 0 aliphatic carbocycles. The van der Waals surface area contributed by atoms with Crippen molar-refractivity contribution in [3.05, 3.63) is 89.2 Å². The maximum Gasteiger partial charge on any atom is 0.139 e. The Morgan fingerprint density at radius 2 is 1.46 bits per heavy atom. The molecule has 0 saturated heterocycles. The second-order valence-electron chi connectivity index (χ2n) is 5.30. The van der Waals surface area contributed by atoms with Crippen molar-refractivity contribution in [2.75, 3.05) is 0 Å². The average Bonchev–Trinajstić information content (AvgIpc) is 2.61. The fourth-order valence-electron chi connectivity index (χ4n) is 2.39. The summed E-state index contributed by atoms with van der Waals surface area (Å²) in [6.07, 6.45) is 0. The monoisotopic (exact) mass is 365 g/mol. The van der Waals surface area contributed by atoms with Crippen LogP contribution in [0.15, 0.2) is 65.7 Å². The van der Waals surface area contributed by atoms with E-state index in [1.54, 1.807) is 12.1 Å². The highest BCUT2D eigenvalue weighted by Crippen LogP contribution is 2.30. The molecule has 0 heterocycles. The van der Waals surface area contributed by atoms with Gasteiger partial charge in [0.1, 0.15) is 17.5 Å². The standard InChI is InChI=1S/C21H10F3NS/c22-18-10-16(21-19(23)11-17(25-13-26)12-20(21)24)9-8-15(18)7-6-14-4-2-1-3-5-14/h1-5,8-12H. The first-order valence-electron chi connectivity index (χ1n) is 7.52. The quantitative estimate of drug-likeness (QED) is 0.313. The summed E-state index contributed by atoms with van der Waals surface area (Å²) in [5.74, 6) is 3.16. The highest BCUT2D eigenvalue weighted by atomic mass is 32.1. The van der Waals surface area contributed by atoms with Gasteiger partial charge >= 0.3 is 0 Å². The number of aliphatic imine (C=N–C) groups is 1. The number of rotatable bonds is 2. The molecule has 3 aromatic carbocycles. The Hall–Kier alpha value is -3.19. The van der Waals surface area contributed by atoms with Gasteiger partial charge in [0.25, 0.3) is 0 Å². The first kappa shape index (κ1) is 17.6.